The molecule has 0 aliphatic rings. The van der Waals surface area contributed by atoms with E-state index in [-0.39, 0.29) is 5.82 Å². The maximum absolute atomic E-state index is 13.3. The molecule has 0 aliphatic carbocycles. The maximum Gasteiger partial charge on any atom is 0.134 e. The van der Waals surface area contributed by atoms with E-state index in [1.165, 1.54) is 12.1 Å². The van der Waals surface area contributed by atoms with E-state index in [2.05, 4.69) is 31.9 Å². The van der Waals surface area contributed by atoms with E-state index in [0.717, 1.165) is 27.8 Å². The van der Waals surface area contributed by atoms with Crippen molar-refractivity contribution >= 4 is 31.9 Å². The average Bonchev–Trinajstić information content (AvgIpc) is 2.37. The van der Waals surface area contributed by atoms with Crippen LogP contribution in [0.4, 0.5) is 4.39 Å². The number of hydrogen-bond acceptors (Lipinski definition) is 2. The molecular formula is C15H14Br2FNO. The van der Waals surface area contributed by atoms with E-state index in [1.807, 2.05) is 24.3 Å². The van der Waals surface area contributed by atoms with Gasteiger partial charge in [0, 0.05) is 4.47 Å². The number of ether oxygens (including phenoxy) is 1. The van der Waals surface area contributed by atoms with Crippen LogP contribution in [0, 0.1) is 5.82 Å². The Hall–Kier alpha value is -0.910. The minimum atomic E-state index is -0.282. The zero-order chi connectivity index (χ0) is 14.5. The van der Waals surface area contributed by atoms with E-state index < -0.39 is 0 Å². The smallest absolute Gasteiger partial charge is 0.134 e. The molecule has 2 nitrogen and oxygen atoms in total. The number of benzene rings is 2. The van der Waals surface area contributed by atoms with Crippen molar-refractivity contribution in [3.05, 3.63) is 62.3 Å². The summed E-state index contributed by atoms with van der Waals surface area (Å²) in [5.41, 5.74) is 7.45. The van der Waals surface area contributed by atoms with Crippen molar-refractivity contribution in [3.8, 4) is 5.75 Å². The highest BCUT2D eigenvalue weighted by molar-refractivity contribution is 9.10. The van der Waals surface area contributed by atoms with Crippen LogP contribution in [0.25, 0.3) is 0 Å². The lowest BCUT2D eigenvalue weighted by Gasteiger charge is -2.10. The SMILES string of the molecule is NCCc1ccc(OCc2cc(F)cc(Br)c2)c(Br)c1. The van der Waals surface area contributed by atoms with Crippen molar-refractivity contribution in [1.82, 2.24) is 0 Å². The molecular weight excluding hydrogens is 389 g/mol. The van der Waals surface area contributed by atoms with Crippen molar-refractivity contribution < 1.29 is 9.13 Å². The normalized spacial score (nSPS) is 10.6. The zero-order valence-electron chi connectivity index (χ0n) is 10.7. The van der Waals surface area contributed by atoms with Gasteiger partial charge < -0.3 is 10.5 Å². The second kappa shape index (κ2) is 7.20. The van der Waals surface area contributed by atoms with Gasteiger partial charge in [-0.3, -0.25) is 0 Å². The summed E-state index contributed by atoms with van der Waals surface area (Å²) in [6.07, 6.45) is 0.829. The molecule has 0 unspecified atom stereocenters. The minimum absolute atomic E-state index is 0.282. The highest BCUT2D eigenvalue weighted by Crippen LogP contribution is 2.27. The highest BCUT2D eigenvalue weighted by Gasteiger charge is 2.05. The lowest BCUT2D eigenvalue weighted by Crippen LogP contribution is -2.03. The molecule has 2 aromatic carbocycles. The summed E-state index contributed by atoms with van der Waals surface area (Å²) in [6, 6.07) is 10.6. The van der Waals surface area contributed by atoms with E-state index in [0.29, 0.717) is 17.6 Å². The summed E-state index contributed by atoms with van der Waals surface area (Å²) < 4.78 is 20.5. The molecule has 2 N–H and O–H groups in total. The molecule has 0 aliphatic heterocycles. The fourth-order valence-electron chi connectivity index (χ4n) is 1.84. The van der Waals surface area contributed by atoms with Gasteiger partial charge in [0.25, 0.3) is 0 Å². The van der Waals surface area contributed by atoms with Crippen LogP contribution in [-0.2, 0) is 13.0 Å². The van der Waals surface area contributed by atoms with Crippen molar-refractivity contribution in [1.29, 1.82) is 0 Å². The van der Waals surface area contributed by atoms with Crippen LogP contribution in [0.15, 0.2) is 45.3 Å². The fourth-order valence-corrected chi connectivity index (χ4v) is 2.89. The number of rotatable bonds is 5. The summed E-state index contributed by atoms with van der Waals surface area (Å²) in [5.74, 6) is 0.446. The Balaban J connectivity index is 2.06. The third kappa shape index (κ3) is 4.30. The molecule has 5 heteroatoms. The van der Waals surface area contributed by atoms with Gasteiger partial charge in [-0.2, -0.15) is 0 Å². The van der Waals surface area contributed by atoms with Crippen LogP contribution in [0.1, 0.15) is 11.1 Å². The molecule has 2 rings (SSSR count). The van der Waals surface area contributed by atoms with Gasteiger partial charge in [-0.25, -0.2) is 4.39 Å². The molecule has 0 atom stereocenters. The van der Waals surface area contributed by atoms with Crippen molar-refractivity contribution in [3.63, 3.8) is 0 Å². The molecule has 20 heavy (non-hydrogen) atoms. The summed E-state index contributed by atoms with van der Waals surface area (Å²) in [4.78, 5) is 0. The van der Waals surface area contributed by atoms with Crippen LogP contribution in [-0.4, -0.2) is 6.54 Å². The molecule has 0 spiro atoms. The Labute approximate surface area is 134 Å². The third-order valence-electron chi connectivity index (χ3n) is 2.75. The molecule has 0 saturated heterocycles. The zero-order valence-corrected chi connectivity index (χ0v) is 13.9. The second-order valence-corrected chi connectivity index (χ2v) is 6.14. The van der Waals surface area contributed by atoms with Crippen molar-refractivity contribution in [2.24, 2.45) is 5.73 Å². The van der Waals surface area contributed by atoms with Crippen LogP contribution < -0.4 is 10.5 Å². The van der Waals surface area contributed by atoms with Gasteiger partial charge >= 0.3 is 0 Å². The molecule has 0 aromatic heterocycles. The highest BCUT2D eigenvalue weighted by atomic mass is 79.9. The molecule has 0 fully saturated rings. The van der Waals surface area contributed by atoms with E-state index >= 15 is 0 Å². The fraction of sp³-hybridized carbons (Fsp3) is 0.200. The average molecular weight is 403 g/mol. The Kier molecular flexibility index (Phi) is 5.57. The quantitative estimate of drug-likeness (QED) is 0.802. The standard InChI is InChI=1S/C15H14Br2FNO/c16-12-5-11(6-13(18)8-12)9-20-15-2-1-10(3-4-19)7-14(15)17/h1-2,5-8H,3-4,9,19H2. The first-order valence-corrected chi connectivity index (χ1v) is 7.73. The summed E-state index contributed by atoms with van der Waals surface area (Å²) in [5, 5.41) is 0. The van der Waals surface area contributed by atoms with Gasteiger partial charge in [0.2, 0.25) is 0 Å². The van der Waals surface area contributed by atoms with Gasteiger partial charge in [0.05, 0.1) is 4.47 Å². The predicted molar refractivity (Wildman–Crippen MR) is 85.3 cm³/mol. The molecule has 2 aromatic rings. The number of nitrogens with two attached hydrogens (primary N) is 1. The molecule has 0 radical (unpaired) electrons. The second-order valence-electron chi connectivity index (χ2n) is 4.37. The van der Waals surface area contributed by atoms with Gasteiger partial charge in [-0.05, 0) is 70.4 Å². The van der Waals surface area contributed by atoms with Crippen LogP contribution in [0.2, 0.25) is 0 Å². The third-order valence-corrected chi connectivity index (χ3v) is 3.82. The van der Waals surface area contributed by atoms with Crippen LogP contribution >= 0.6 is 31.9 Å². The monoisotopic (exact) mass is 401 g/mol. The lowest BCUT2D eigenvalue weighted by atomic mass is 10.1. The number of halogens is 3. The molecule has 106 valence electrons. The van der Waals surface area contributed by atoms with Crippen LogP contribution in [0.5, 0.6) is 5.75 Å². The van der Waals surface area contributed by atoms with Gasteiger partial charge in [0.1, 0.15) is 18.2 Å². The number of hydrogen-bond donors (Lipinski definition) is 1. The first-order valence-electron chi connectivity index (χ1n) is 6.15. The van der Waals surface area contributed by atoms with Gasteiger partial charge in [-0.1, -0.05) is 22.0 Å². The lowest BCUT2D eigenvalue weighted by molar-refractivity contribution is 0.303. The Morgan fingerprint density at radius 2 is 1.85 bits per heavy atom. The van der Waals surface area contributed by atoms with Gasteiger partial charge in [-0.15, -0.1) is 0 Å². The molecule has 0 bridgehead atoms. The Bertz CT molecular complexity index is 584. The summed E-state index contributed by atoms with van der Waals surface area (Å²) in [7, 11) is 0. The predicted octanol–water partition coefficient (Wildman–Crippen LogP) is 4.43. The maximum atomic E-state index is 13.3. The first kappa shape index (κ1) is 15.5. The first-order chi connectivity index (χ1) is 9.58. The topological polar surface area (TPSA) is 35.2 Å². The Morgan fingerprint density at radius 3 is 2.50 bits per heavy atom. The molecule has 0 heterocycles. The molecule has 0 amide bonds. The van der Waals surface area contributed by atoms with E-state index in [1.54, 1.807) is 0 Å². The summed E-state index contributed by atoms with van der Waals surface area (Å²) in [6.45, 7) is 0.926. The van der Waals surface area contributed by atoms with Gasteiger partial charge in [0.15, 0.2) is 0 Å². The largest absolute Gasteiger partial charge is 0.488 e. The minimum Gasteiger partial charge on any atom is -0.488 e. The Morgan fingerprint density at radius 1 is 1.05 bits per heavy atom. The van der Waals surface area contributed by atoms with E-state index in [9.17, 15) is 4.39 Å². The molecule has 0 saturated carbocycles. The summed E-state index contributed by atoms with van der Waals surface area (Å²) >= 11 is 6.73. The van der Waals surface area contributed by atoms with Crippen molar-refractivity contribution in [2.75, 3.05) is 6.54 Å². The van der Waals surface area contributed by atoms with Crippen LogP contribution in [0.3, 0.4) is 0 Å². The van der Waals surface area contributed by atoms with E-state index in [4.69, 9.17) is 10.5 Å². The van der Waals surface area contributed by atoms with Crippen molar-refractivity contribution in [2.45, 2.75) is 13.0 Å².